The third kappa shape index (κ3) is 2.90. The van der Waals surface area contributed by atoms with Crippen molar-refractivity contribution in [3.63, 3.8) is 0 Å². The number of carbonyl (C=O) groups excluding carboxylic acids is 1. The summed E-state index contributed by atoms with van der Waals surface area (Å²) in [5.74, 6) is 0. The summed E-state index contributed by atoms with van der Waals surface area (Å²) in [4.78, 5) is 11.7. The van der Waals surface area contributed by atoms with Crippen molar-refractivity contribution in [3.05, 3.63) is 48.0 Å². The van der Waals surface area contributed by atoms with E-state index in [1.165, 1.54) is 0 Å². The van der Waals surface area contributed by atoms with Crippen molar-refractivity contribution in [1.29, 1.82) is 0 Å². The zero-order valence-electron chi connectivity index (χ0n) is 13.1. The Balaban J connectivity index is 1.78. The molecular formula is C18H18N4O2. The largest absolute Gasteiger partial charge is 0.445 e. The smallest absolute Gasteiger partial charge is 0.407 e. The number of anilines is 1. The number of alkyl carbamates (subject to hydrolysis) is 1. The lowest BCUT2D eigenvalue weighted by Gasteiger charge is -2.08. The number of hydrogen-bond donors (Lipinski definition) is 3. The van der Waals surface area contributed by atoms with E-state index < -0.39 is 6.09 Å². The van der Waals surface area contributed by atoms with Crippen LogP contribution in [0.5, 0.6) is 0 Å². The molecule has 1 aliphatic rings. The Bertz CT molecular complexity index is 888. The quantitative estimate of drug-likeness (QED) is 0.593. The number of ether oxygens (including phenoxy) is 1. The minimum Gasteiger partial charge on any atom is -0.445 e. The monoisotopic (exact) mass is 322 g/mol. The van der Waals surface area contributed by atoms with Gasteiger partial charge in [0.1, 0.15) is 6.61 Å². The van der Waals surface area contributed by atoms with Crippen LogP contribution in [0.25, 0.3) is 22.2 Å². The normalized spacial score (nSPS) is 15.1. The lowest BCUT2D eigenvalue weighted by atomic mass is 10.0. The van der Waals surface area contributed by atoms with Gasteiger partial charge in [0.25, 0.3) is 0 Å². The number of benzene rings is 2. The molecule has 0 spiro atoms. The van der Waals surface area contributed by atoms with Gasteiger partial charge in [-0.2, -0.15) is 5.10 Å². The summed E-state index contributed by atoms with van der Waals surface area (Å²) in [6, 6.07) is 14.1. The Morgan fingerprint density at radius 1 is 1.04 bits per heavy atom. The lowest BCUT2D eigenvalue weighted by Crippen LogP contribution is -2.26. The summed E-state index contributed by atoms with van der Waals surface area (Å²) < 4.78 is 5.26. The summed E-state index contributed by atoms with van der Waals surface area (Å²) in [5, 5.41) is 14.7. The van der Waals surface area contributed by atoms with E-state index in [1.54, 1.807) is 0 Å². The van der Waals surface area contributed by atoms with E-state index in [1.807, 2.05) is 36.4 Å². The zero-order valence-corrected chi connectivity index (χ0v) is 13.1. The second kappa shape index (κ2) is 6.23. The van der Waals surface area contributed by atoms with Crippen molar-refractivity contribution < 1.29 is 9.53 Å². The first-order valence-electron chi connectivity index (χ1n) is 8.01. The van der Waals surface area contributed by atoms with Crippen LogP contribution < -0.4 is 10.6 Å². The predicted octanol–water partition coefficient (Wildman–Crippen LogP) is 3.27. The third-order valence-corrected chi connectivity index (χ3v) is 4.09. The fraction of sp³-hybridized carbons (Fsp3) is 0.222. The summed E-state index contributed by atoms with van der Waals surface area (Å²) >= 11 is 0. The average molecular weight is 322 g/mol. The minimum atomic E-state index is -0.391. The summed E-state index contributed by atoms with van der Waals surface area (Å²) in [6.45, 7) is 1.59. The highest BCUT2D eigenvalue weighted by molar-refractivity contribution is 5.95. The molecule has 122 valence electrons. The van der Waals surface area contributed by atoms with Gasteiger partial charge in [0, 0.05) is 29.7 Å². The van der Waals surface area contributed by atoms with Gasteiger partial charge in [-0.1, -0.05) is 18.2 Å². The molecule has 2 aromatic carbocycles. The Labute approximate surface area is 139 Å². The SMILES string of the molecule is O=C1NCCCNc2ccc3[nH]nc(c3c2)-c2cccc(c2)CO1. The fourth-order valence-electron chi connectivity index (χ4n) is 2.86. The van der Waals surface area contributed by atoms with Gasteiger partial charge in [0.2, 0.25) is 0 Å². The molecule has 1 aromatic heterocycles. The summed E-state index contributed by atoms with van der Waals surface area (Å²) in [6.07, 6.45) is 0.428. The summed E-state index contributed by atoms with van der Waals surface area (Å²) in [7, 11) is 0. The highest BCUT2D eigenvalue weighted by Crippen LogP contribution is 2.29. The first-order chi connectivity index (χ1) is 11.8. The van der Waals surface area contributed by atoms with Gasteiger partial charge in [-0.25, -0.2) is 4.79 Å². The van der Waals surface area contributed by atoms with Gasteiger partial charge in [0.05, 0.1) is 11.2 Å². The van der Waals surface area contributed by atoms with E-state index in [0.29, 0.717) is 6.54 Å². The number of rotatable bonds is 0. The van der Waals surface area contributed by atoms with Crippen LogP contribution in [-0.4, -0.2) is 29.4 Å². The second-order valence-electron chi connectivity index (χ2n) is 5.82. The fourth-order valence-corrected chi connectivity index (χ4v) is 2.86. The van der Waals surface area contributed by atoms with Gasteiger partial charge in [-0.3, -0.25) is 5.10 Å². The molecule has 0 saturated carbocycles. The van der Waals surface area contributed by atoms with E-state index in [2.05, 4.69) is 26.9 Å². The molecule has 3 aromatic rings. The number of cyclic esters (lactones) is 1. The van der Waals surface area contributed by atoms with Crippen molar-refractivity contribution in [3.8, 4) is 11.3 Å². The van der Waals surface area contributed by atoms with Gasteiger partial charge in [0.15, 0.2) is 0 Å². The first-order valence-corrected chi connectivity index (χ1v) is 8.01. The van der Waals surface area contributed by atoms with Crippen molar-refractivity contribution in [2.45, 2.75) is 13.0 Å². The molecule has 0 atom stereocenters. The van der Waals surface area contributed by atoms with E-state index >= 15 is 0 Å². The number of nitrogens with zero attached hydrogens (tertiary/aromatic N) is 1. The topological polar surface area (TPSA) is 79.0 Å². The molecular weight excluding hydrogens is 304 g/mol. The molecule has 4 bridgehead atoms. The molecule has 0 saturated heterocycles. The van der Waals surface area contributed by atoms with Crippen molar-refractivity contribution in [1.82, 2.24) is 15.5 Å². The van der Waals surface area contributed by atoms with Crippen LogP contribution in [0, 0.1) is 0 Å². The highest BCUT2D eigenvalue weighted by Gasteiger charge is 2.11. The Morgan fingerprint density at radius 2 is 1.96 bits per heavy atom. The molecule has 4 rings (SSSR count). The third-order valence-electron chi connectivity index (χ3n) is 4.09. The highest BCUT2D eigenvalue weighted by atomic mass is 16.5. The average Bonchev–Trinajstić information content (AvgIpc) is 3.02. The molecule has 3 N–H and O–H groups in total. The Hall–Kier alpha value is -3.02. The zero-order chi connectivity index (χ0) is 16.4. The number of H-pyrrole nitrogens is 1. The maximum atomic E-state index is 11.7. The number of carbonyl (C=O) groups is 1. The van der Waals surface area contributed by atoms with E-state index in [9.17, 15) is 4.79 Å². The second-order valence-corrected chi connectivity index (χ2v) is 5.82. The molecule has 6 nitrogen and oxygen atoms in total. The number of fused-ring (bicyclic) bond motifs is 4. The van der Waals surface area contributed by atoms with Crippen LogP contribution >= 0.6 is 0 Å². The van der Waals surface area contributed by atoms with Crippen LogP contribution in [0.3, 0.4) is 0 Å². The van der Waals surface area contributed by atoms with Crippen LogP contribution in [0.15, 0.2) is 42.5 Å². The molecule has 0 aliphatic carbocycles. The predicted molar refractivity (Wildman–Crippen MR) is 92.8 cm³/mol. The van der Waals surface area contributed by atoms with E-state index in [4.69, 9.17) is 4.74 Å². The molecule has 1 amide bonds. The number of hydrogen-bond acceptors (Lipinski definition) is 4. The van der Waals surface area contributed by atoms with Crippen LogP contribution in [0.1, 0.15) is 12.0 Å². The number of aromatic nitrogens is 2. The molecule has 0 unspecified atom stereocenters. The molecule has 2 heterocycles. The number of nitrogens with one attached hydrogen (secondary N) is 3. The first kappa shape index (κ1) is 14.6. The van der Waals surface area contributed by atoms with Gasteiger partial charge in [-0.05, 0) is 36.2 Å². The van der Waals surface area contributed by atoms with Crippen LogP contribution in [0.4, 0.5) is 10.5 Å². The maximum absolute atomic E-state index is 11.7. The van der Waals surface area contributed by atoms with E-state index in [-0.39, 0.29) is 6.61 Å². The number of aromatic amines is 1. The van der Waals surface area contributed by atoms with Gasteiger partial charge >= 0.3 is 6.09 Å². The Kier molecular flexibility index (Phi) is 3.78. The van der Waals surface area contributed by atoms with Gasteiger partial charge < -0.3 is 15.4 Å². The van der Waals surface area contributed by atoms with Crippen molar-refractivity contribution >= 4 is 22.7 Å². The standard InChI is InChI=1S/C18H18N4O2/c23-18-20-8-2-7-19-14-5-6-16-15(10-14)17(22-21-16)13-4-1-3-12(9-13)11-24-18/h1,3-6,9-10,19H,2,7-8,11H2,(H,20,23)(H,21,22). The molecule has 0 fully saturated rings. The lowest BCUT2D eigenvalue weighted by molar-refractivity contribution is 0.139. The van der Waals surface area contributed by atoms with Gasteiger partial charge in [-0.15, -0.1) is 0 Å². The molecule has 1 aliphatic heterocycles. The maximum Gasteiger partial charge on any atom is 0.407 e. The molecule has 6 heteroatoms. The van der Waals surface area contributed by atoms with Crippen LogP contribution in [-0.2, 0) is 11.3 Å². The van der Waals surface area contributed by atoms with Crippen molar-refractivity contribution in [2.24, 2.45) is 0 Å². The van der Waals surface area contributed by atoms with E-state index in [0.717, 1.165) is 46.4 Å². The van der Waals surface area contributed by atoms with Crippen LogP contribution in [0.2, 0.25) is 0 Å². The molecule has 0 radical (unpaired) electrons. The van der Waals surface area contributed by atoms with Crippen molar-refractivity contribution in [2.75, 3.05) is 18.4 Å². The molecule has 24 heavy (non-hydrogen) atoms. The summed E-state index contributed by atoms with van der Waals surface area (Å²) in [5.41, 5.74) is 4.87. The minimum absolute atomic E-state index is 0.242. The Morgan fingerprint density at radius 3 is 2.92 bits per heavy atom. The number of amides is 1.